The Balaban J connectivity index is 2.21. The highest BCUT2D eigenvalue weighted by molar-refractivity contribution is 5.67. The summed E-state index contributed by atoms with van der Waals surface area (Å²) in [4.78, 5) is 13.4. The monoisotopic (exact) mass is 229 g/mol. The summed E-state index contributed by atoms with van der Waals surface area (Å²) in [7, 11) is 1.71. The van der Waals surface area contributed by atoms with Crippen molar-refractivity contribution in [3.05, 3.63) is 0 Å². The van der Waals surface area contributed by atoms with Gasteiger partial charge in [-0.2, -0.15) is 0 Å². The zero-order chi connectivity index (χ0) is 12.0. The number of carbonyl (C=O) groups excluding carboxylic acids is 1. The van der Waals surface area contributed by atoms with Crippen molar-refractivity contribution in [1.82, 2.24) is 4.90 Å². The Labute approximate surface area is 97.9 Å². The van der Waals surface area contributed by atoms with Gasteiger partial charge in [-0.1, -0.05) is 13.8 Å². The van der Waals surface area contributed by atoms with Crippen molar-refractivity contribution >= 4 is 6.09 Å². The summed E-state index contributed by atoms with van der Waals surface area (Å²) in [6, 6.07) is 0. The number of amides is 1. The number of methoxy groups -OCH3 is 1. The minimum atomic E-state index is -0.159. The number of hydrogen-bond donors (Lipinski definition) is 0. The van der Waals surface area contributed by atoms with Crippen LogP contribution in [-0.2, 0) is 9.47 Å². The molecule has 0 spiro atoms. The van der Waals surface area contributed by atoms with Crippen LogP contribution in [0.5, 0.6) is 0 Å². The molecule has 1 fully saturated rings. The number of ether oxygens (including phenoxy) is 2. The zero-order valence-corrected chi connectivity index (χ0v) is 10.6. The Morgan fingerprint density at radius 2 is 2.25 bits per heavy atom. The molecule has 0 radical (unpaired) electrons. The third-order valence-electron chi connectivity index (χ3n) is 2.81. The van der Waals surface area contributed by atoms with Crippen LogP contribution in [0.1, 0.15) is 26.7 Å². The van der Waals surface area contributed by atoms with Crippen LogP contribution in [0.4, 0.5) is 4.79 Å². The van der Waals surface area contributed by atoms with Gasteiger partial charge in [-0.05, 0) is 24.7 Å². The summed E-state index contributed by atoms with van der Waals surface area (Å²) in [6.07, 6.45) is 1.94. The highest BCUT2D eigenvalue weighted by atomic mass is 16.6. The lowest BCUT2D eigenvalue weighted by Crippen LogP contribution is -2.30. The Morgan fingerprint density at radius 3 is 2.88 bits per heavy atom. The van der Waals surface area contributed by atoms with E-state index in [1.165, 1.54) is 0 Å². The minimum Gasteiger partial charge on any atom is -0.449 e. The molecular weight excluding hydrogens is 206 g/mol. The molecule has 0 aromatic carbocycles. The quantitative estimate of drug-likeness (QED) is 0.725. The van der Waals surface area contributed by atoms with E-state index >= 15 is 0 Å². The summed E-state index contributed by atoms with van der Waals surface area (Å²) in [5.41, 5.74) is 0. The molecule has 0 bridgehead atoms. The number of rotatable bonds is 5. The molecule has 1 amide bonds. The molecule has 1 aliphatic rings. The molecular formula is C12H23NO3. The average Bonchev–Trinajstić information content (AvgIpc) is 2.71. The van der Waals surface area contributed by atoms with Crippen LogP contribution in [0.15, 0.2) is 0 Å². The maximum Gasteiger partial charge on any atom is 0.409 e. The third-order valence-corrected chi connectivity index (χ3v) is 2.81. The minimum absolute atomic E-state index is 0.159. The van der Waals surface area contributed by atoms with E-state index in [4.69, 9.17) is 9.47 Å². The average molecular weight is 229 g/mol. The van der Waals surface area contributed by atoms with Gasteiger partial charge in [-0.25, -0.2) is 4.79 Å². The number of hydrogen-bond acceptors (Lipinski definition) is 3. The van der Waals surface area contributed by atoms with Gasteiger partial charge in [0.05, 0.1) is 6.61 Å². The molecule has 1 rings (SSSR count). The first-order valence-corrected chi connectivity index (χ1v) is 6.04. The van der Waals surface area contributed by atoms with Gasteiger partial charge in [0.25, 0.3) is 0 Å². The zero-order valence-electron chi connectivity index (χ0n) is 10.6. The third kappa shape index (κ3) is 4.39. The maximum atomic E-state index is 11.6. The molecule has 0 aromatic rings. The molecule has 1 heterocycles. The van der Waals surface area contributed by atoms with E-state index in [9.17, 15) is 4.79 Å². The van der Waals surface area contributed by atoms with Crippen molar-refractivity contribution < 1.29 is 14.3 Å². The van der Waals surface area contributed by atoms with Gasteiger partial charge in [0, 0.05) is 26.8 Å². The Bertz CT molecular complexity index is 218. The second kappa shape index (κ2) is 6.74. The molecule has 0 aliphatic carbocycles. The SMILES string of the molecule is COCCC1CCN(C(=O)OCC(C)C)C1. The van der Waals surface area contributed by atoms with Gasteiger partial charge in [-0.3, -0.25) is 0 Å². The van der Waals surface area contributed by atoms with E-state index in [2.05, 4.69) is 0 Å². The fourth-order valence-corrected chi connectivity index (χ4v) is 1.85. The van der Waals surface area contributed by atoms with Gasteiger partial charge < -0.3 is 14.4 Å². The van der Waals surface area contributed by atoms with Crippen LogP contribution < -0.4 is 0 Å². The highest BCUT2D eigenvalue weighted by Crippen LogP contribution is 2.20. The second-order valence-corrected chi connectivity index (χ2v) is 4.85. The van der Waals surface area contributed by atoms with E-state index in [1.54, 1.807) is 7.11 Å². The van der Waals surface area contributed by atoms with Crippen molar-refractivity contribution in [2.75, 3.05) is 33.4 Å². The van der Waals surface area contributed by atoms with Crippen LogP contribution in [-0.4, -0.2) is 44.4 Å². The highest BCUT2D eigenvalue weighted by Gasteiger charge is 2.26. The standard InChI is InChI=1S/C12H23NO3/c1-10(2)9-16-12(14)13-6-4-11(8-13)5-7-15-3/h10-11H,4-9H2,1-3H3. The predicted octanol–water partition coefficient (Wildman–Crippen LogP) is 2.14. The van der Waals surface area contributed by atoms with Crippen LogP contribution in [0.25, 0.3) is 0 Å². The fraction of sp³-hybridized carbons (Fsp3) is 0.917. The van der Waals surface area contributed by atoms with E-state index in [-0.39, 0.29) is 6.09 Å². The summed E-state index contributed by atoms with van der Waals surface area (Å²) in [5, 5.41) is 0. The van der Waals surface area contributed by atoms with Crippen LogP contribution in [0, 0.1) is 11.8 Å². The van der Waals surface area contributed by atoms with E-state index in [0.29, 0.717) is 18.4 Å². The van der Waals surface area contributed by atoms with Crippen molar-refractivity contribution in [3.8, 4) is 0 Å². The van der Waals surface area contributed by atoms with Gasteiger partial charge in [0.15, 0.2) is 0 Å². The lowest BCUT2D eigenvalue weighted by Gasteiger charge is -2.17. The first-order valence-electron chi connectivity index (χ1n) is 6.04. The van der Waals surface area contributed by atoms with Crippen LogP contribution in [0.3, 0.4) is 0 Å². The normalized spacial score (nSPS) is 20.5. The molecule has 1 unspecified atom stereocenters. The Morgan fingerprint density at radius 1 is 1.50 bits per heavy atom. The van der Waals surface area contributed by atoms with Crippen molar-refractivity contribution in [1.29, 1.82) is 0 Å². The van der Waals surface area contributed by atoms with Crippen LogP contribution >= 0.6 is 0 Å². The van der Waals surface area contributed by atoms with Crippen molar-refractivity contribution in [2.24, 2.45) is 11.8 Å². The number of nitrogens with zero attached hydrogens (tertiary/aromatic N) is 1. The number of carbonyl (C=O) groups is 1. The van der Waals surface area contributed by atoms with Crippen molar-refractivity contribution in [2.45, 2.75) is 26.7 Å². The lowest BCUT2D eigenvalue weighted by atomic mass is 10.1. The van der Waals surface area contributed by atoms with Gasteiger partial charge >= 0.3 is 6.09 Å². The Kier molecular flexibility index (Phi) is 5.60. The molecule has 0 N–H and O–H groups in total. The maximum absolute atomic E-state index is 11.6. The summed E-state index contributed by atoms with van der Waals surface area (Å²) >= 11 is 0. The largest absolute Gasteiger partial charge is 0.449 e. The molecule has 0 aromatic heterocycles. The molecule has 4 nitrogen and oxygen atoms in total. The molecule has 1 atom stereocenters. The molecule has 1 saturated heterocycles. The first kappa shape index (κ1) is 13.3. The van der Waals surface area contributed by atoms with Gasteiger partial charge in [0.2, 0.25) is 0 Å². The summed E-state index contributed by atoms with van der Waals surface area (Å²) < 4.78 is 10.2. The molecule has 1 aliphatic heterocycles. The fourth-order valence-electron chi connectivity index (χ4n) is 1.85. The predicted molar refractivity (Wildman–Crippen MR) is 62.4 cm³/mol. The number of likely N-dealkylation sites (tertiary alicyclic amines) is 1. The second-order valence-electron chi connectivity index (χ2n) is 4.85. The van der Waals surface area contributed by atoms with Gasteiger partial charge in [-0.15, -0.1) is 0 Å². The lowest BCUT2D eigenvalue weighted by molar-refractivity contribution is 0.0974. The molecule has 0 saturated carbocycles. The molecule has 16 heavy (non-hydrogen) atoms. The molecule has 4 heteroatoms. The smallest absolute Gasteiger partial charge is 0.409 e. The van der Waals surface area contributed by atoms with Crippen LogP contribution in [0.2, 0.25) is 0 Å². The first-order chi connectivity index (χ1) is 7.63. The van der Waals surface area contributed by atoms with Gasteiger partial charge in [0.1, 0.15) is 0 Å². The Hall–Kier alpha value is -0.770. The van der Waals surface area contributed by atoms with E-state index < -0.39 is 0 Å². The van der Waals surface area contributed by atoms with E-state index in [0.717, 1.165) is 32.5 Å². The molecule has 94 valence electrons. The van der Waals surface area contributed by atoms with E-state index in [1.807, 2.05) is 18.7 Å². The summed E-state index contributed by atoms with van der Waals surface area (Å²) in [5.74, 6) is 0.974. The summed E-state index contributed by atoms with van der Waals surface area (Å²) in [6.45, 7) is 7.01. The van der Waals surface area contributed by atoms with Crippen molar-refractivity contribution in [3.63, 3.8) is 0 Å². The topological polar surface area (TPSA) is 38.8 Å².